The van der Waals surface area contributed by atoms with E-state index in [-0.39, 0.29) is 11.5 Å². The normalized spacial score (nSPS) is 15.6. The number of likely N-dealkylation sites (tertiary alicyclic amines) is 1. The Labute approximate surface area is 199 Å². The Balaban J connectivity index is 1.47. The molecule has 0 spiro atoms. The molecule has 34 heavy (non-hydrogen) atoms. The Morgan fingerprint density at radius 2 is 1.53 bits per heavy atom. The van der Waals surface area contributed by atoms with Crippen molar-refractivity contribution in [3.63, 3.8) is 0 Å². The fraction of sp³-hybridized carbons (Fsp3) is 0.286. The molecule has 0 radical (unpaired) electrons. The number of halogens is 1. The smallest absolute Gasteiger partial charge is 0.258 e. The first-order valence-electron chi connectivity index (χ1n) is 11.9. The average molecular weight is 458 g/mol. The molecule has 0 saturated carbocycles. The van der Waals surface area contributed by atoms with Crippen LogP contribution in [0.15, 0.2) is 66.7 Å². The lowest BCUT2D eigenvalue weighted by Gasteiger charge is -2.34. The van der Waals surface area contributed by atoms with Gasteiger partial charge in [-0.1, -0.05) is 36.4 Å². The molecule has 0 aliphatic carbocycles. The van der Waals surface area contributed by atoms with E-state index in [0.29, 0.717) is 11.3 Å². The average Bonchev–Trinajstić information content (AvgIpc) is 2.88. The predicted octanol–water partition coefficient (Wildman–Crippen LogP) is 5.27. The Morgan fingerprint density at radius 3 is 2.32 bits per heavy atom. The van der Waals surface area contributed by atoms with E-state index in [2.05, 4.69) is 28.4 Å². The van der Waals surface area contributed by atoms with Gasteiger partial charge in [0, 0.05) is 37.6 Å². The summed E-state index contributed by atoms with van der Waals surface area (Å²) in [6.45, 7) is 3.04. The highest BCUT2D eigenvalue weighted by molar-refractivity contribution is 6.06. The summed E-state index contributed by atoms with van der Waals surface area (Å²) in [5.41, 5.74) is 4.51. The van der Waals surface area contributed by atoms with Crippen molar-refractivity contribution in [2.45, 2.75) is 32.2 Å². The molecule has 0 aromatic heterocycles. The van der Waals surface area contributed by atoms with Crippen molar-refractivity contribution in [2.75, 3.05) is 29.9 Å². The first-order valence-corrected chi connectivity index (χ1v) is 11.9. The number of nitrogens with zero attached hydrogens (tertiary/aromatic N) is 2. The number of anilines is 2. The second-order valence-electron chi connectivity index (χ2n) is 8.96. The van der Waals surface area contributed by atoms with Crippen molar-refractivity contribution in [3.8, 4) is 0 Å². The number of hydrogen-bond donors (Lipinski definition) is 1. The lowest BCUT2D eigenvalue weighted by Crippen LogP contribution is -2.38. The van der Waals surface area contributed by atoms with E-state index in [1.165, 1.54) is 23.3 Å². The van der Waals surface area contributed by atoms with Gasteiger partial charge in [-0.15, -0.1) is 0 Å². The van der Waals surface area contributed by atoms with Crippen LogP contribution < -0.4 is 10.2 Å². The van der Waals surface area contributed by atoms with Gasteiger partial charge in [0.25, 0.3) is 11.8 Å². The number of nitrogens with one attached hydrogen (secondary N) is 1. The molecular weight excluding hydrogens is 429 g/mol. The Morgan fingerprint density at radius 1 is 0.794 bits per heavy atom. The molecule has 2 aliphatic rings. The molecule has 2 aliphatic heterocycles. The zero-order valence-corrected chi connectivity index (χ0v) is 19.1. The molecule has 174 valence electrons. The van der Waals surface area contributed by atoms with Crippen LogP contribution in [-0.2, 0) is 13.0 Å². The molecule has 2 heterocycles. The molecule has 1 fully saturated rings. The summed E-state index contributed by atoms with van der Waals surface area (Å²) in [7, 11) is 0. The third kappa shape index (κ3) is 4.53. The minimum atomic E-state index is -0.576. The molecule has 0 atom stereocenters. The number of benzene rings is 3. The number of carbonyl (C=O) groups is 2. The van der Waals surface area contributed by atoms with Gasteiger partial charge >= 0.3 is 0 Å². The van der Waals surface area contributed by atoms with E-state index in [4.69, 9.17) is 0 Å². The Kier molecular flexibility index (Phi) is 6.30. The largest absolute Gasteiger partial charge is 0.366 e. The van der Waals surface area contributed by atoms with E-state index in [1.807, 2.05) is 17.0 Å². The SMILES string of the molecule is O=C(Nc1ccc(N2CCc3ccccc3C2)c(C(=O)N2CCCCC2)c1)c1ccccc1F. The second-order valence-corrected chi connectivity index (χ2v) is 8.96. The standard InChI is InChI=1S/C28H28FN3O2/c29-25-11-5-4-10-23(25)27(33)30-22-12-13-26(24(18-22)28(34)31-15-6-1-7-16-31)32-17-14-20-8-2-3-9-21(20)19-32/h2-5,8-13,18H,1,6-7,14-17,19H2,(H,30,33). The summed E-state index contributed by atoms with van der Waals surface area (Å²) in [4.78, 5) is 30.4. The van der Waals surface area contributed by atoms with Crippen LogP contribution in [-0.4, -0.2) is 36.3 Å². The van der Waals surface area contributed by atoms with Crippen molar-refractivity contribution in [2.24, 2.45) is 0 Å². The fourth-order valence-electron chi connectivity index (χ4n) is 4.87. The summed E-state index contributed by atoms with van der Waals surface area (Å²) in [6.07, 6.45) is 4.06. The zero-order chi connectivity index (χ0) is 23.5. The van der Waals surface area contributed by atoms with Crippen LogP contribution in [0.3, 0.4) is 0 Å². The molecule has 1 N–H and O–H groups in total. The monoisotopic (exact) mass is 457 g/mol. The summed E-state index contributed by atoms with van der Waals surface area (Å²) >= 11 is 0. The molecule has 0 bridgehead atoms. The van der Waals surface area contributed by atoms with E-state index in [0.717, 1.165) is 57.5 Å². The van der Waals surface area contributed by atoms with Crippen LogP contribution >= 0.6 is 0 Å². The number of carbonyl (C=O) groups excluding carboxylic acids is 2. The van der Waals surface area contributed by atoms with Gasteiger partial charge in [-0.3, -0.25) is 9.59 Å². The molecule has 0 unspecified atom stereocenters. The van der Waals surface area contributed by atoms with Crippen molar-refractivity contribution in [3.05, 3.63) is 94.8 Å². The van der Waals surface area contributed by atoms with Gasteiger partial charge in [0.05, 0.1) is 11.1 Å². The number of rotatable bonds is 4. The molecule has 2 amide bonds. The molecule has 3 aromatic rings. The molecular formula is C28H28FN3O2. The Hall–Kier alpha value is -3.67. The number of amides is 2. The van der Waals surface area contributed by atoms with Crippen molar-refractivity contribution < 1.29 is 14.0 Å². The first kappa shape index (κ1) is 22.1. The van der Waals surface area contributed by atoms with Crippen LogP contribution in [0.2, 0.25) is 0 Å². The minimum absolute atomic E-state index is 0.0180. The van der Waals surface area contributed by atoms with Gasteiger partial charge < -0.3 is 15.1 Å². The minimum Gasteiger partial charge on any atom is -0.366 e. The molecule has 5 nitrogen and oxygen atoms in total. The predicted molar refractivity (Wildman–Crippen MR) is 132 cm³/mol. The van der Waals surface area contributed by atoms with Crippen LogP contribution in [0.25, 0.3) is 0 Å². The fourth-order valence-corrected chi connectivity index (χ4v) is 4.87. The van der Waals surface area contributed by atoms with Gasteiger partial charge in [-0.05, 0) is 67.1 Å². The van der Waals surface area contributed by atoms with Gasteiger partial charge in [-0.25, -0.2) is 4.39 Å². The lowest BCUT2D eigenvalue weighted by molar-refractivity contribution is 0.0724. The maximum atomic E-state index is 14.1. The molecule has 3 aromatic carbocycles. The number of fused-ring (bicyclic) bond motifs is 1. The van der Waals surface area contributed by atoms with Crippen LogP contribution in [0.4, 0.5) is 15.8 Å². The molecule has 1 saturated heterocycles. The second kappa shape index (κ2) is 9.67. The third-order valence-corrected chi connectivity index (χ3v) is 6.72. The summed E-state index contributed by atoms with van der Waals surface area (Å²) in [5.74, 6) is -1.13. The maximum Gasteiger partial charge on any atom is 0.258 e. The summed E-state index contributed by atoms with van der Waals surface area (Å²) in [6, 6.07) is 19.7. The van der Waals surface area contributed by atoms with Crippen LogP contribution in [0, 0.1) is 5.82 Å². The van der Waals surface area contributed by atoms with Crippen LogP contribution in [0.5, 0.6) is 0 Å². The number of hydrogen-bond acceptors (Lipinski definition) is 3. The van der Waals surface area contributed by atoms with E-state index >= 15 is 0 Å². The Bertz CT molecular complexity index is 1220. The highest BCUT2D eigenvalue weighted by Gasteiger charge is 2.26. The highest BCUT2D eigenvalue weighted by atomic mass is 19.1. The van der Waals surface area contributed by atoms with Gasteiger partial charge in [0.15, 0.2) is 0 Å². The van der Waals surface area contributed by atoms with Gasteiger partial charge in [-0.2, -0.15) is 0 Å². The van der Waals surface area contributed by atoms with Gasteiger partial charge in [0.1, 0.15) is 5.82 Å². The first-order chi connectivity index (χ1) is 16.6. The topological polar surface area (TPSA) is 52.7 Å². The highest BCUT2D eigenvalue weighted by Crippen LogP contribution is 2.31. The summed E-state index contributed by atoms with van der Waals surface area (Å²) < 4.78 is 14.1. The van der Waals surface area contributed by atoms with Crippen molar-refractivity contribution in [1.29, 1.82) is 0 Å². The lowest BCUT2D eigenvalue weighted by atomic mass is 9.98. The van der Waals surface area contributed by atoms with E-state index in [9.17, 15) is 14.0 Å². The van der Waals surface area contributed by atoms with E-state index < -0.39 is 11.7 Å². The number of piperidine rings is 1. The van der Waals surface area contributed by atoms with Crippen LogP contribution in [0.1, 0.15) is 51.1 Å². The quantitative estimate of drug-likeness (QED) is 0.581. The maximum absolute atomic E-state index is 14.1. The van der Waals surface area contributed by atoms with E-state index in [1.54, 1.807) is 24.3 Å². The summed E-state index contributed by atoms with van der Waals surface area (Å²) in [5, 5.41) is 2.77. The van der Waals surface area contributed by atoms with Crippen molar-refractivity contribution in [1.82, 2.24) is 4.90 Å². The molecule has 5 rings (SSSR count). The zero-order valence-electron chi connectivity index (χ0n) is 19.1. The molecule has 6 heteroatoms. The third-order valence-electron chi connectivity index (χ3n) is 6.72. The van der Waals surface area contributed by atoms with Gasteiger partial charge in [0.2, 0.25) is 0 Å². The van der Waals surface area contributed by atoms with Crippen molar-refractivity contribution >= 4 is 23.2 Å².